The molecule has 1 N–H and O–H groups in total. The Kier molecular flexibility index (Phi) is 3.53. The van der Waals surface area contributed by atoms with Crippen LogP contribution >= 0.6 is 0 Å². The minimum atomic E-state index is -0.832. The summed E-state index contributed by atoms with van der Waals surface area (Å²) in [5.41, 5.74) is -0.832. The second-order valence-electron chi connectivity index (χ2n) is 2.93. The van der Waals surface area contributed by atoms with Crippen LogP contribution in [0.2, 0.25) is 0 Å². The van der Waals surface area contributed by atoms with E-state index < -0.39 is 11.7 Å². The number of hydrogen-bond acceptors (Lipinski definition) is 3. The van der Waals surface area contributed by atoms with Crippen LogP contribution in [0.15, 0.2) is 0 Å². The summed E-state index contributed by atoms with van der Waals surface area (Å²) < 4.78 is 4.75. The summed E-state index contributed by atoms with van der Waals surface area (Å²) in [6.45, 7) is 3.28. The van der Waals surface area contributed by atoms with Gasteiger partial charge in [-0.15, -0.1) is 0 Å². The highest BCUT2D eigenvalue weighted by molar-refractivity contribution is 5.56. The van der Waals surface area contributed by atoms with E-state index in [-0.39, 0.29) is 0 Å². The van der Waals surface area contributed by atoms with Crippen molar-refractivity contribution >= 4 is 6.29 Å². The standard InChI is InChI=1S/C7H14O3/c1-7(2,9)4-6(5-8)10-3/h5-6,9H,4H2,1-3H3. The highest BCUT2D eigenvalue weighted by Gasteiger charge is 2.18. The molecule has 0 radical (unpaired) electrons. The number of carbonyl (C=O) groups is 1. The van der Waals surface area contributed by atoms with E-state index in [1.165, 1.54) is 7.11 Å². The number of carbonyl (C=O) groups excluding carboxylic acids is 1. The average Bonchev–Trinajstić information content (AvgIpc) is 1.81. The molecule has 3 nitrogen and oxygen atoms in total. The molecule has 1 unspecified atom stereocenters. The molecular weight excluding hydrogens is 132 g/mol. The van der Waals surface area contributed by atoms with E-state index in [4.69, 9.17) is 4.74 Å². The monoisotopic (exact) mass is 146 g/mol. The first-order valence-electron chi connectivity index (χ1n) is 3.20. The van der Waals surface area contributed by atoms with E-state index in [0.717, 1.165) is 0 Å². The first-order chi connectivity index (χ1) is 4.49. The van der Waals surface area contributed by atoms with Crippen molar-refractivity contribution in [2.24, 2.45) is 0 Å². The first-order valence-corrected chi connectivity index (χ1v) is 3.20. The van der Waals surface area contributed by atoms with Gasteiger partial charge in [-0.1, -0.05) is 0 Å². The minimum Gasteiger partial charge on any atom is -0.390 e. The molecule has 60 valence electrons. The maximum atomic E-state index is 10.2. The van der Waals surface area contributed by atoms with Crippen LogP contribution in [-0.4, -0.2) is 30.2 Å². The fourth-order valence-corrected chi connectivity index (χ4v) is 0.679. The number of rotatable bonds is 4. The van der Waals surface area contributed by atoms with E-state index in [1.807, 2.05) is 0 Å². The quantitative estimate of drug-likeness (QED) is 0.582. The van der Waals surface area contributed by atoms with Crippen molar-refractivity contribution in [2.75, 3.05) is 7.11 Å². The summed E-state index contributed by atoms with van der Waals surface area (Å²) in [6, 6.07) is 0. The largest absolute Gasteiger partial charge is 0.390 e. The molecule has 0 rings (SSSR count). The molecule has 0 aliphatic carbocycles. The van der Waals surface area contributed by atoms with Crippen LogP contribution in [0.25, 0.3) is 0 Å². The van der Waals surface area contributed by atoms with Crippen molar-refractivity contribution < 1.29 is 14.6 Å². The SMILES string of the molecule is COC(C=O)CC(C)(C)O. The maximum absolute atomic E-state index is 10.2. The predicted molar refractivity (Wildman–Crippen MR) is 37.8 cm³/mol. The van der Waals surface area contributed by atoms with Crippen LogP contribution in [0.4, 0.5) is 0 Å². The zero-order valence-electron chi connectivity index (χ0n) is 6.63. The third-order valence-electron chi connectivity index (χ3n) is 1.16. The number of hydrogen-bond donors (Lipinski definition) is 1. The number of methoxy groups -OCH3 is 1. The summed E-state index contributed by atoms with van der Waals surface area (Å²) >= 11 is 0. The van der Waals surface area contributed by atoms with Crippen molar-refractivity contribution in [1.29, 1.82) is 0 Å². The summed E-state index contributed by atoms with van der Waals surface area (Å²) in [6.07, 6.45) is 0.547. The van der Waals surface area contributed by atoms with Crippen LogP contribution < -0.4 is 0 Å². The molecule has 0 aromatic heterocycles. The molecule has 10 heavy (non-hydrogen) atoms. The van der Waals surface area contributed by atoms with E-state index >= 15 is 0 Å². The van der Waals surface area contributed by atoms with Gasteiger partial charge in [0.05, 0.1) is 5.60 Å². The van der Waals surface area contributed by atoms with Gasteiger partial charge in [-0.2, -0.15) is 0 Å². The Bertz CT molecular complexity index is 104. The van der Waals surface area contributed by atoms with Crippen LogP contribution in [0.5, 0.6) is 0 Å². The van der Waals surface area contributed by atoms with Gasteiger partial charge in [0.2, 0.25) is 0 Å². The smallest absolute Gasteiger partial charge is 0.148 e. The van der Waals surface area contributed by atoms with Crippen molar-refractivity contribution in [2.45, 2.75) is 32.0 Å². The summed E-state index contributed by atoms with van der Waals surface area (Å²) in [5, 5.41) is 9.21. The van der Waals surface area contributed by atoms with E-state index in [2.05, 4.69) is 0 Å². The second kappa shape index (κ2) is 3.68. The third-order valence-corrected chi connectivity index (χ3v) is 1.16. The minimum absolute atomic E-state index is 0.340. The van der Waals surface area contributed by atoms with Gasteiger partial charge in [-0.25, -0.2) is 0 Å². The Balaban J connectivity index is 3.74. The fourth-order valence-electron chi connectivity index (χ4n) is 0.679. The average molecular weight is 146 g/mol. The lowest BCUT2D eigenvalue weighted by molar-refractivity contribution is -0.119. The Morgan fingerprint density at radius 1 is 1.70 bits per heavy atom. The van der Waals surface area contributed by atoms with Crippen LogP contribution in [0, 0.1) is 0 Å². The van der Waals surface area contributed by atoms with Crippen molar-refractivity contribution in [3.05, 3.63) is 0 Å². The molecule has 1 atom stereocenters. The topological polar surface area (TPSA) is 46.5 Å². The van der Waals surface area contributed by atoms with E-state index in [0.29, 0.717) is 12.7 Å². The highest BCUT2D eigenvalue weighted by atomic mass is 16.5. The Morgan fingerprint density at radius 2 is 2.20 bits per heavy atom. The van der Waals surface area contributed by atoms with Gasteiger partial charge in [0.15, 0.2) is 0 Å². The molecule has 0 aliphatic heterocycles. The third kappa shape index (κ3) is 4.47. The van der Waals surface area contributed by atoms with Crippen LogP contribution in [-0.2, 0) is 9.53 Å². The van der Waals surface area contributed by atoms with Gasteiger partial charge in [-0.3, -0.25) is 0 Å². The van der Waals surface area contributed by atoms with Gasteiger partial charge in [0.1, 0.15) is 12.4 Å². The molecule has 0 saturated carbocycles. The van der Waals surface area contributed by atoms with Gasteiger partial charge in [0.25, 0.3) is 0 Å². The first kappa shape index (κ1) is 9.59. The van der Waals surface area contributed by atoms with Gasteiger partial charge < -0.3 is 14.6 Å². The highest BCUT2D eigenvalue weighted by Crippen LogP contribution is 2.10. The molecule has 0 fully saturated rings. The number of aliphatic hydroxyl groups is 1. The summed E-state index contributed by atoms with van der Waals surface area (Å²) in [5.74, 6) is 0. The summed E-state index contributed by atoms with van der Waals surface area (Å²) in [4.78, 5) is 10.2. The summed E-state index contributed by atoms with van der Waals surface area (Å²) in [7, 11) is 1.45. The lowest BCUT2D eigenvalue weighted by Gasteiger charge is -2.19. The zero-order valence-corrected chi connectivity index (χ0v) is 6.63. The molecule has 0 aromatic rings. The Labute approximate surface area is 61.0 Å². The molecule has 0 bridgehead atoms. The lowest BCUT2D eigenvalue weighted by Crippen LogP contribution is -2.28. The van der Waals surface area contributed by atoms with Crippen molar-refractivity contribution in [3.8, 4) is 0 Å². The lowest BCUT2D eigenvalue weighted by atomic mass is 10.0. The molecule has 0 heterocycles. The maximum Gasteiger partial charge on any atom is 0.148 e. The van der Waals surface area contributed by atoms with Gasteiger partial charge in [0, 0.05) is 13.5 Å². The van der Waals surface area contributed by atoms with Crippen molar-refractivity contribution in [3.63, 3.8) is 0 Å². The fraction of sp³-hybridized carbons (Fsp3) is 0.857. The van der Waals surface area contributed by atoms with E-state index in [9.17, 15) is 9.90 Å². The molecule has 0 aromatic carbocycles. The predicted octanol–water partition coefficient (Wildman–Crippen LogP) is 0.361. The van der Waals surface area contributed by atoms with Crippen molar-refractivity contribution in [1.82, 2.24) is 0 Å². The molecule has 3 heteroatoms. The molecular formula is C7H14O3. The van der Waals surface area contributed by atoms with Gasteiger partial charge in [-0.05, 0) is 13.8 Å². The molecule has 0 aliphatic rings. The Hall–Kier alpha value is -0.410. The number of aldehydes is 1. The van der Waals surface area contributed by atoms with Crippen LogP contribution in [0.1, 0.15) is 20.3 Å². The van der Waals surface area contributed by atoms with E-state index in [1.54, 1.807) is 13.8 Å². The second-order valence-corrected chi connectivity index (χ2v) is 2.93. The normalized spacial score (nSPS) is 14.8. The van der Waals surface area contributed by atoms with Gasteiger partial charge >= 0.3 is 0 Å². The molecule has 0 amide bonds. The number of ether oxygens (including phenoxy) is 1. The molecule has 0 saturated heterocycles. The van der Waals surface area contributed by atoms with Crippen LogP contribution in [0.3, 0.4) is 0 Å². The zero-order chi connectivity index (χ0) is 8.20. The molecule has 0 spiro atoms. The Morgan fingerprint density at radius 3 is 2.30 bits per heavy atom.